The molecule has 1 fully saturated rings. The summed E-state index contributed by atoms with van der Waals surface area (Å²) in [7, 11) is -1.60. The molecule has 4 nitrogen and oxygen atoms in total. The van der Waals surface area contributed by atoms with Crippen LogP contribution in [0.1, 0.15) is 42.0 Å². The second kappa shape index (κ2) is 7.45. The Balaban J connectivity index is 1.02. The first-order valence-corrected chi connectivity index (χ1v) is 32.5. The van der Waals surface area contributed by atoms with Gasteiger partial charge in [0.1, 0.15) is 8.07 Å². The van der Waals surface area contributed by atoms with Crippen molar-refractivity contribution in [3.8, 4) is 11.5 Å². The van der Waals surface area contributed by atoms with Crippen LogP contribution in [-0.2, 0) is 29.9 Å². The summed E-state index contributed by atoms with van der Waals surface area (Å²) in [6, 6.07) is 0. The van der Waals surface area contributed by atoms with E-state index < -0.39 is 24.3 Å². The van der Waals surface area contributed by atoms with Gasteiger partial charge in [-0.25, -0.2) is 0 Å². The van der Waals surface area contributed by atoms with Crippen molar-refractivity contribution < 1.29 is 19.1 Å². The van der Waals surface area contributed by atoms with E-state index in [1.54, 1.807) is 75.4 Å². The number of ether oxygens (including phenoxy) is 2. The van der Waals surface area contributed by atoms with Crippen LogP contribution in [0.5, 0.6) is 0 Å². The van der Waals surface area contributed by atoms with Crippen LogP contribution in [0, 0.1) is 16.9 Å². The largest absolute Gasteiger partial charge is 0.465 e. The molecule has 78 heavy (non-hydrogen) atoms. The van der Waals surface area contributed by atoms with E-state index in [2.05, 4.69) is 31.1 Å². The molecule has 0 amide bonds. The molecular weight excluding hydrogens is 969 g/mol. The molecule has 0 saturated heterocycles. The number of benzene rings is 18. The summed E-state index contributed by atoms with van der Waals surface area (Å²) in [6.45, 7) is 9.19. The minimum absolute atomic E-state index is 0.186. The van der Waals surface area contributed by atoms with Crippen molar-refractivity contribution in [1.29, 1.82) is 0 Å². The fraction of sp³-hybridized carbons (Fsp3) is 0.151. The Bertz CT molecular complexity index is 7070. The highest BCUT2D eigenvalue weighted by atomic mass is 28.3. The molecule has 0 atom stereocenters. The molecule has 5 aliphatic rings. The van der Waals surface area contributed by atoms with E-state index in [4.69, 9.17) is 9.47 Å². The van der Waals surface area contributed by atoms with Crippen molar-refractivity contribution in [2.45, 2.75) is 50.2 Å². The van der Waals surface area contributed by atoms with Crippen LogP contribution >= 0.6 is 0 Å². The van der Waals surface area contributed by atoms with Crippen LogP contribution < -0.4 is 0 Å². The number of carbonyl (C=O) groups is 2. The van der Waals surface area contributed by atoms with Gasteiger partial charge in [0.2, 0.25) is 0 Å². The molecule has 0 bridgehead atoms. The molecule has 0 N–H and O–H groups in total. The van der Waals surface area contributed by atoms with Crippen LogP contribution in [0.15, 0.2) is 0 Å². The lowest BCUT2D eigenvalue weighted by Gasteiger charge is -2.32. The highest BCUT2D eigenvalue weighted by molar-refractivity contribution is 6.84. The zero-order valence-corrected chi connectivity index (χ0v) is 42.5. The monoisotopic (exact) mass is 988 g/mol. The third kappa shape index (κ3) is 1.79. The van der Waals surface area contributed by atoms with Crippen LogP contribution in [0.25, 0.3) is 291 Å². The maximum atomic E-state index is 17.2. The van der Waals surface area contributed by atoms with E-state index in [1.165, 1.54) is 238 Å². The average Bonchev–Trinajstić information content (AvgIpc) is 1.37. The Morgan fingerprint density at radius 1 is 0.321 bits per heavy atom. The molecule has 2 spiro atoms. The second-order valence-corrected chi connectivity index (χ2v) is 33.3. The van der Waals surface area contributed by atoms with Crippen LogP contribution in [0.4, 0.5) is 0 Å². The van der Waals surface area contributed by atoms with Crippen molar-refractivity contribution in [1.82, 2.24) is 0 Å². The maximum absolute atomic E-state index is 17.2. The van der Waals surface area contributed by atoms with E-state index in [-0.39, 0.29) is 25.2 Å². The molecule has 0 unspecified atom stereocenters. The highest BCUT2D eigenvalue weighted by Gasteiger charge is 3.01. The topological polar surface area (TPSA) is 52.6 Å². The van der Waals surface area contributed by atoms with Gasteiger partial charge in [-0.2, -0.15) is 0 Å². The molecule has 5 heteroatoms. The summed E-state index contributed by atoms with van der Waals surface area (Å²) in [5.74, 6) is 2.71. The minimum Gasteiger partial charge on any atom is -0.465 e. The standard InChI is InChI=1S/C73H20O4Si/c1-5-76-69(74)73(70(75)77-9-7-6-8-10-78(2,3)4)71-65-57-49-39-29-21-13-11-12-15-19-17(13)25-33-27(19)37-31-23(15)24-16(12)20-18-14(11)22(21)30-36-26(18)34-28(20)38-32(24)42-41(31)51-45(37)55-47(33)53(43(49)35(25)29)61(65)63(55)67-59(51)60-52(42)46(38)56-48(34)54-44(36)50(40(30)39)58(57)66(71)62(54)64(56)68(60)72(67,71)73/h5-7,9H2,1-4H3. The molecule has 1 saturated carbocycles. The van der Waals surface area contributed by atoms with Crippen LogP contribution in [0.3, 0.4) is 0 Å². The first kappa shape index (κ1) is 32.0. The quantitative estimate of drug-likeness (QED) is 0.0416. The van der Waals surface area contributed by atoms with E-state index in [0.717, 1.165) is 0 Å². The Morgan fingerprint density at radius 3 is 0.705 bits per heavy atom. The molecule has 28 aromatic rings. The van der Waals surface area contributed by atoms with Crippen LogP contribution in [-0.4, -0.2) is 33.2 Å². The summed E-state index contributed by atoms with van der Waals surface area (Å²) < 4.78 is 13.8. The summed E-state index contributed by atoms with van der Waals surface area (Å²) in [5, 5.41) is 80.2. The number of hydrogen-bond donors (Lipinski definition) is 0. The molecule has 33 rings (SSSR count). The van der Waals surface area contributed by atoms with Gasteiger partial charge in [-0.15, -0.1) is 11.5 Å². The number of hydrogen-bond acceptors (Lipinski definition) is 4. The van der Waals surface area contributed by atoms with Gasteiger partial charge < -0.3 is 9.47 Å². The normalized spacial score (nSPS) is 23.0. The van der Waals surface area contributed by atoms with E-state index in [1.807, 2.05) is 6.92 Å². The first-order valence-electron chi connectivity index (χ1n) is 29.0. The zero-order valence-electron chi connectivity index (χ0n) is 41.5. The minimum atomic E-state index is -1.70. The molecular formula is C73H20O4Si. The maximum Gasteiger partial charge on any atom is 0.326 e. The van der Waals surface area contributed by atoms with Gasteiger partial charge in [0.15, 0.2) is 5.41 Å². The van der Waals surface area contributed by atoms with Gasteiger partial charge in [0.05, 0.1) is 24.0 Å². The van der Waals surface area contributed by atoms with E-state index in [0.29, 0.717) is 12.8 Å². The van der Waals surface area contributed by atoms with Gasteiger partial charge in [-0.1, -0.05) is 19.6 Å². The highest BCUT2D eigenvalue weighted by Crippen LogP contribution is 2.96. The van der Waals surface area contributed by atoms with Gasteiger partial charge in [0.25, 0.3) is 0 Å². The van der Waals surface area contributed by atoms with Crippen molar-refractivity contribution in [2.24, 2.45) is 5.41 Å². The Morgan fingerprint density at radius 2 is 0.513 bits per heavy atom. The van der Waals surface area contributed by atoms with Gasteiger partial charge in [-0.3, -0.25) is 9.59 Å². The van der Waals surface area contributed by atoms with Gasteiger partial charge in [-0.05, 0) is 326 Å². The number of rotatable bonds is 6. The van der Waals surface area contributed by atoms with Gasteiger partial charge in [0, 0.05) is 6.42 Å². The molecule has 28 aromatic carbocycles. The number of unbranched alkanes of at least 4 members (excludes halogenated alkanes) is 1. The average molecular weight is 989 g/mol. The lowest BCUT2D eigenvalue weighted by molar-refractivity contribution is -0.166. The van der Waals surface area contributed by atoms with E-state index in [9.17, 15) is 0 Å². The number of carbonyl (C=O) groups excluding carboxylic acids is 2. The second-order valence-electron chi connectivity index (χ2n) is 28.5. The predicted molar refractivity (Wildman–Crippen MR) is 324 cm³/mol. The molecule has 340 valence electrons. The van der Waals surface area contributed by atoms with Crippen molar-refractivity contribution in [3.63, 3.8) is 0 Å². The lowest BCUT2D eigenvalue weighted by atomic mass is 9.68. The molecule has 5 aliphatic carbocycles. The summed E-state index contributed by atoms with van der Waals surface area (Å²) >= 11 is 0. The molecule has 0 aliphatic heterocycles. The van der Waals surface area contributed by atoms with Crippen molar-refractivity contribution in [3.05, 3.63) is 22.3 Å². The molecule has 0 radical (unpaired) electrons. The van der Waals surface area contributed by atoms with Crippen LogP contribution in [0.2, 0.25) is 19.6 Å². The smallest absolute Gasteiger partial charge is 0.326 e. The Hall–Kier alpha value is -8.82. The summed E-state index contributed by atoms with van der Waals surface area (Å²) in [6.07, 6.45) is 1.28. The third-order valence-electron chi connectivity index (χ3n) is 26.4. The first-order chi connectivity index (χ1) is 38.3. The third-order valence-corrected chi connectivity index (χ3v) is 27.3. The zero-order chi connectivity index (χ0) is 48.3. The summed E-state index contributed by atoms with van der Waals surface area (Å²) in [5.41, 5.74) is 4.82. The fourth-order valence-electron chi connectivity index (χ4n) is 26.3. The number of esters is 2. The predicted octanol–water partition coefficient (Wildman–Crippen LogP) is 18.1. The van der Waals surface area contributed by atoms with Gasteiger partial charge >= 0.3 is 11.9 Å². The van der Waals surface area contributed by atoms with E-state index >= 15 is 9.59 Å². The summed E-state index contributed by atoms with van der Waals surface area (Å²) in [4.78, 5) is 34.1. The Kier molecular flexibility index (Phi) is 3.06. The lowest BCUT2D eigenvalue weighted by Crippen LogP contribution is -2.38. The van der Waals surface area contributed by atoms with Crippen molar-refractivity contribution >= 4 is 311 Å². The van der Waals surface area contributed by atoms with Crippen molar-refractivity contribution in [2.75, 3.05) is 13.2 Å². The molecule has 0 heterocycles. The molecule has 0 aromatic heterocycles. The SMILES string of the molecule is CCOC(=O)C1(C(=O)OCCCC#C[Si](C)(C)C)C23c4c5c6c7c8c9c(c%10c%11c2c2c4c4c%12c5c5c6c6c8c8c%13c9c9c%10c%10c%11c%11c2c2c4c4c%12c%12c5c5c6c8c6c8c%13c9c9c%10c%10c%11c2c2c4c4c%12c5c6c5c8c9c%10c2c45)C713. The Labute approximate surface area is 430 Å². The fourth-order valence-corrected chi connectivity index (χ4v) is 26.9.